The van der Waals surface area contributed by atoms with Crippen molar-refractivity contribution < 1.29 is 9.53 Å². The van der Waals surface area contributed by atoms with E-state index in [0.717, 1.165) is 62.3 Å². The molecule has 1 amide bonds. The number of rotatable bonds is 8. The molecule has 1 fully saturated rings. The molecule has 1 N–H and O–H groups in total. The average molecular weight is 537 g/mol. The molecule has 0 aromatic carbocycles. The van der Waals surface area contributed by atoms with Crippen molar-refractivity contribution in [3.05, 3.63) is 96.3 Å². The minimum Gasteiger partial charge on any atom is -0.481 e. The number of amides is 1. The number of nitrogens with zero attached hydrogens (tertiary/aromatic N) is 7. The second-order valence-corrected chi connectivity index (χ2v) is 10.2. The highest BCUT2D eigenvalue weighted by molar-refractivity contribution is 6.08. The van der Waals surface area contributed by atoms with E-state index in [4.69, 9.17) is 9.84 Å². The van der Waals surface area contributed by atoms with Crippen LogP contribution in [0.15, 0.2) is 79.4 Å². The van der Waals surface area contributed by atoms with Crippen LogP contribution in [0.2, 0.25) is 0 Å². The lowest BCUT2D eigenvalue weighted by Gasteiger charge is -2.31. The molecule has 4 aromatic rings. The van der Waals surface area contributed by atoms with Gasteiger partial charge in [-0.25, -0.2) is 19.2 Å². The summed E-state index contributed by atoms with van der Waals surface area (Å²) in [6.45, 7) is 7.03. The molecule has 1 saturated heterocycles. The Morgan fingerprint density at radius 1 is 1.18 bits per heavy atom. The van der Waals surface area contributed by atoms with Gasteiger partial charge >= 0.3 is 0 Å². The number of aromatic nitrogens is 6. The maximum Gasteiger partial charge on any atom is 0.262 e. The first-order valence-corrected chi connectivity index (χ1v) is 13.5. The van der Waals surface area contributed by atoms with Crippen LogP contribution in [0.25, 0.3) is 11.3 Å². The van der Waals surface area contributed by atoms with Crippen molar-refractivity contribution in [1.29, 1.82) is 0 Å². The molecular formula is C30H32N8O2. The van der Waals surface area contributed by atoms with Gasteiger partial charge in [-0.2, -0.15) is 10.2 Å². The number of likely N-dealkylation sites (tertiary alicyclic amines) is 1. The topological polar surface area (TPSA) is 102 Å². The van der Waals surface area contributed by atoms with Crippen molar-refractivity contribution in [3.8, 4) is 5.88 Å². The van der Waals surface area contributed by atoms with Gasteiger partial charge in [-0.15, -0.1) is 0 Å². The van der Waals surface area contributed by atoms with Crippen molar-refractivity contribution in [2.75, 3.05) is 32.1 Å². The van der Waals surface area contributed by atoms with Gasteiger partial charge in [-0.05, 0) is 56.5 Å². The normalized spacial score (nSPS) is 16.3. The van der Waals surface area contributed by atoms with Crippen LogP contribution in [-0.2, 0) is 6.42 Å². The molecule has 204 valence electrons. The van der Waals surface area contributed by atoms with Crippen LogP contribution in [0, 0.1) is 0 Å². The Hall–Kier alpha value is -4.57. The highest BCUT2D eigenvalue weighted by Gasteiger charge is 2.25. The summed E-state index contributed by atoms with van der Waals surface area (Å²) in [6.07, 6.45) is 16.6. The number of piperidine rings is 1. The summed E-state index contributed by atoms with van der Waals surface area (Å²) in [5.41, 5.74) is 5.08. The molecule has 0 saturated carbocycles. The number of nitrogens with one attached hydrogen (secondary N) is 1. The number of methoxy groups -OCH3 is 1. The van der Waals surface area contributed by atoms with Crippen LogP contribution >= 0.6 is 0 Å². The SMILES string of the molecule is C=C1C=CC(n2nc(C3CCN(CCc4ccc(OC)nc4)CC3)cc2NC(=O)c2cnn3cccnc23)=CC1. The van der Waals surface area contributed by atoms with E-state index in [2.05, 4.69) is 44.0 Å². The van der Waals surface area contributed by atoms with E-state index in [1.165, 1.54) is 5.56 Å². The lowest BCUT2D eigenvalue weighted by molar-refractivity contribution is 0.102. The number of pyridine rings is 1. The molecule has 6 rings (SSSR count). The summed E-state index contributed by atoms with van der Waals surface area (Å²) >= 11 is 0. The second-order valence-electron chi connectivity index (χ2n) is 10.2. The first kappa shape index (κ1) is 25.7. The Kier molecular flexibility index (Phi) is 7.24. The van der Waals surface area contributed by atoms with E-state index in [1.807, 2.05) is 35.2 Å². The number of hydrogen-bond acceptors (Lipinski definition) is 7. The lowest BCUT2D eigenvalue weighted by Crippen LogP contribution is -2.34. The van der Waals surface area contributed by atoms with E-state index in [0.29, 0.717) is 28.8 Å². The third kappa shape index (κ3) is 5.43. The molecule has 0 atom stereocenters. The fourth-order valence-corrected chi connectivity index (χ4v) is 5.21. The van der Waals surface area contributed by atoms with Crippen LogP contribution in [0.3, 0.4) is 0 Å². The molecule has 10 nitrogen and oxygen atoms in total. The minimum atomic E-state index is -0.269. The molecule has 0 spiro atoms. The fourth-order valence-electron chi connectivity index (χ4n) is 5.21. The van der Waals surface area contributed by atoms with Crippen LogP contribution in [0.5, 0.6) is 5.88 Å². The number of carbonyl (C=O) groups excluding carboxylic acids is 1. The maximum atomic E-state index is 13.3. The minimum absolute atomic E-state index is 0.269. The Morgan fingerprint density at radius 2 is 2.05 bits per heavy atom. The van der Waals surface area contributed by atoms with Crippen LogP contribution in [-0.4, -0.2) is 66.9 Å². The van der Waals surface area contributed by atoms with Gasteiger partial charge in [-0.3, -0.25) is 4.79 Å². The Morgan fingerprint density at radius 3 is 2.80 bits per heavy atom. The molecule has 4 aromatic heterocycles. The van der Waals surface area contributed by atoms with Gasteiger partial charge in [0.05, 0.1) is 24.7 Å². The first-order chi connectivity index (χ1) is 19.6. The molecule has 2 aliphatic rings. The number of carbonyl (C=O) groups is 1. The molecule has 5 heterocycles. The Labute approximate surface area is 232 Å². The quantitative estimate of drug-likeness (QED) is 0.357. The van der Waals surface area contributed by atoms with Gasteiger partial charge in [0.2, 0.25) is 5.88 Å². The van der Waals surface area contributed by atoms with E-state index in [-0.39, 0.29) is 5.91 Å². The van der Waals surface area contributed by atoms with E-state index < -0.39 is 0 Å². The van der Waals surface area contributed by atoms with E-state index >= 15 is 0 Å². The summed E-state index contributed by atoms with van der Waals surface area (Å²) in [5, 5.41) is 12.3. The summed E-state index contributed by atoms with van der Waals surface area (Å²) in [4.78, 5) is 24.4. The molecule has 1 aliphatic heterocycles. The molecule has 40 heavy (non-hydrogen) atoms. The molecule has 1 aliphatic carbocycles. The molecule has 0 unspecified atom stereocenters. The van der Waals surface area contributed by atoms with Crippen molar-refractivity contribution in [2.24, 2.45) is 0 Å². The third-order valence-corrected chi connectivity index (χ3v) is 7.53. The second kappa shape index (κ2) is 11.3. The highest BCUT2D eigenvalue weighted by Crippen LogP contribution is 2.31. The van der Waals surface area contributed by atoms with Crippen molar-refractivity contribution >= 4 is 23.1 Å². The summed E-state index contributed by atoms with van der Waals surface area (Å²) in [6, 6.07) is 7.78. The van der Waals surface area contributed by atoms with E-state index in [9.17, 15) is 4.79 Å². The van der Waals surface area contributed by atoms with Crippen LogP contribution < -0.4 is 10.1 Å². The van der Waals surface area contributed by atoms with Crippen LogP contribution in [0.4, 0.5) is 5.82 Å². The number of hydrogen-bond donors (Lipinski definition) is 1. The van der Waals surface area contributed by atoms with Gasteiger partial charge in [0.25, 0.3) is 5.91 Å². The number of fused-ring (bicyclic) bond motifs is 1. The van der Waals surface area contributed by atoms with Gasteiger partial charge in [0.1, 0.15) is 11.4 Å². The standard InChI is InChI=1S/C30H32N8O2/c1-21-4-7-24(8-5-21)38-27(34-30(39)25-20-33-37-14-3-13-31-29(25)37)18-26(35-38)23-11-16-36(17-12-23)15-10-22-6-9-28(40-2)32-19-22/h3-4,6-9,13-14,18-20,23H,1,5,10-12,15-17H2,2H3,(H,34,39). The predicted molar refractivity (Wildman–Crippen MR) is 153 cm³/mol. The molecular weight excluding hydrogens is 504 g/mol. The predicted octanol–water partition coefficient (Wildman–Crippen LogP) is 4.36. The van der Waals surface area contributed by atoms with Gasteiger partial charge < -0.3 is 15.0 Å². The zero-order valence-electron chi connectivity index (χ0n) is 22.5. The van der Waals surface area contributed by atoms with E-state index in [1.54, 1.807) is 36.3 Å². The number of allylic oxidation sites excluding steroid dienone is 5. The zero-order valence-corrected chi connectivity index (χ0v) is 22.5. The van der Waals surface area contributed by atoms with Gasteiger partial charge in [0.15, 0.2) is 5.65 Å². The number of ether oxygens (including phenoxy) is 1. The molecule has 10 heteroatoms. The number of anilines is 1. The van der Waals surface area contributed by atoms with Gasteiger partial charge in [0, 0.05) is 43.2 Å². The maximum absolute atomic E-state index is 13.3. The monoisotopic (exact) mass is 536 g/mol. The highest BCUT2D eigenvalue weighted by atomic mass is 16.5. The van der Waals surface area contributed by atoms with Crippen molar-refractivity contribution in [2.45, 2.75) is 31.6 Å². The largest absolute Gasteiger partial charge is 0.481 e. The van der Waals surface area contributed by atoms with Crippen molar-refractivity contribution in [1.82, 2.24) is 34.3 Å². The average Bonchev–Trinajstić information content (AvgIpc) is 3.62. The fraction of sp³-hybridized carbons (Fsp3) is 0.300. The summed E-state index contributed by atoms with van der Waals surface area (Å²) in [7, 11) is 1.63. The third-order valence-electron chi connectivity index (χ3n) is 7.53. The molecule has 0 radical (unpaired) electrons. The smallest absolute Gasteiger partial charge is 0.262 e. The summed E-state index contributed by atoms with van der Waals surface area (Å²) < 4.78 is 8.58. The van der Waals surface area contributed by atoms with Crippen molar-refractivity contribution in [3.63, 3.8) is 0 Å². The first-order valence-electron chi connectivity index (χ1n) is 13.5. The summed E-state index contributed by atoms with van der Waals surface area (Å²) in [5.74, 6) is 1.32. The van der Waals surface area contributed by atoms with Crippen LogP contribution in [0.1, 0.15) is 46.8 Å². The zero-order chi connectivity index (χ0) is 27.5. The Bertz CT molecular complexity index is 1590. The lowest BCUT2D eigenvalue weighted by atomic mass is 9.93. The molecule has 0 bridgehead atoms. The Balaban J connectivity index is 1.16. The van der Waals surface area contributed by atoms with Gasteiger partial charge in [-0.1, -0.05) is 30.4 Å².